The number of methoxy groups -OCH3 is 1. The fourth-order valence-corrected chi connectivity index (χ4v) is 2.85. The SMILES string of the molecule is COc1ccc(-n2nc3ccc(NC(=O)c4ccccc4C)cc3n2)cc1. The van der Waals surface area contributed by atoms with Crippen molar-refractivity contribution >= 4 is 22.6 Å². The molecule has 1 aromatic heterocycles. The van der Waals surface area contributed by atoms with Crippen LogP contribution in [0.15, 0.2) is 66.7 Å². The van der Waals surface area contributed by atoms with Gasteiger partial charge in [-0.05, 0) is 61.0 Å². The third-order valence-electron chi connectivity index (χ3n) is 4.33. The van der Waals surface area contributed by atoms with Crippen molar-refractivity contribution in [2.45, 2.75) is 6.92 Å². The molecule has 0 saturated carbocycles. The van der Waals surface area contributed by atoms with Crippen molar-refractivity contribution in [3.05, 3.63) is 77.9 Å². The number of carbonyl (C=O) groups is 1. The van der Waals surface area contributed by atoms with Gasteiger partial charge in [-0.1, -0.05) is 18.2 Å². The molecule has 4 aromatic rings. The zero-order chi connectivity index (χ0) is 18.8. The molecule has 0 unspecified atom stereocenters. The molecule has 0 aliphatic rings. The van der Waals surface area contributed by atoms with Gasteiger partial charge < -0.3 is 10.1 Å². The number of amides is 1. The molecule has 0 bridgehead atoms. The highest BCUT2D eigenvalue weighted by atomic mass is 16.5. The van der Waals surface area contributed by atoms with E-state index in [1.165, 1.54) is 0 Å². The highest BCUT2D eigenvalue weighted by molar-refractivity contribution is 6.05. The molecular weight excluding hydrogens is 340 g/mol. The van der Waals surface area contributed by atoms with E-state index in [9.17, 15) is 4.79 Å². The maximum atomic E-state index is 12.5. The molecule has 1 heterocycles. The number of nitrogens with one attached hydrogen (secondary N) is 1. The van der Waals surface area contributed by atoms with Crippen molar-refractivity contribution in [1.82, 2.24) is 15.0 Å². The van der Waals surface area contributed by atoms with Gasteiger partial charge in [-0.25, -0.2) is 0 Å². The van der Waals surface area contributed by atoms with E-state index in [2.05, 4.69) is 15.5 Å². The number of hydrogen-bond donors (Lipinski definition) is 1. The summed E-state index contributed by atoms with van der Waals surface area (Å²) in [5, 5.41) is 11.9. The lowest BCUT2D eigenvalue weighted by Gasteiger charge is -2.07. The summed E-state index contributed by atoms with van der Waals surface area (Å²) in [5.74, 6) is 0.631. The number of nitrogens with zero attached hydrogens (tertiary/aromatic N) is 3. The van der Waals surface area contributed by atoms with Crippen LogP contribution in [0.2, 0.25) is 0 Å². The molecular formula is C21H18N4O2. The van der Waals surface area contributed by atoms with Crippen LogP contribution in [-0.2, 0) is 0 Å². The molecule has 27 heavy (non-hydrogen) atoms. The van der Waals surface area contributed by atoms with Crippen molar-refractivity contribution in [2.24, 2.45) is 0 Å². The fourth-order valence-electron chi connectivity index (χ4n) is 2.85. The maximum absolute atomic E-state index is 12.5. The second kappa shape index (κ2) is 6.92. The minimum absolute atomic E-state index is 0.144. The predicted molar refractivity (Wildman–Crippen MR) is 105 cm³/mol. The van der Waals surface area contributed by atoms with Crippen LogP contribution < -0.4 is 10.1 Å². The first-order valence-electron chi connectivity index (χ1n) is 8.52. The summed E-state index contributed by atoms with van der Waals surface area (Å²) in [7, 11) is 1.63. The summed E-state index contributed by atoms with van der Waals surface area (Å²) in [6.07, 6.45) is 0. The standard InChI is InChI=1S/C21H18N4O2/c1-14-5-3-4-6-18(14)21(26)22-15-7-12-19-20(13-15)24-25(23-19)16-8-10-17(27-2)11-9-16/h3-13H,1-2H3,(H,22,26). The first kappa shape index (κ1) is 16.8. The Morgan fingerprint density at radius 3 is 2.44 bits per heavy atom. The molecule has 0 aliphatic heterocycles. The fraction of sp³-hybridized carbons (Fsp3) is 0.0952. The first-order chi connectivity index (χ1) is 13.1. The lowest BCUT2D eigenvalue weighted by molar-refractivity contribution is 0.102. The molecule has 3 aromatic carbocycles. The Kier molecular flexibility index (Phi) is 4.30. The monoisotopic (exact) mass is 358 g/mol. The van der Waals surface area contributed by atoms with E-state index in [1.807, 2.05) is 73.7 Å². The second-order valence-electron chi connectivity index (χ2n) is 6.16. The lowest BCUT2D eigenvalue weighted by Crippen LogP contribution is -2.13. The van der Waals surface area contributed by atoms with Crippen molar-refractivity contribution in [2.75, 3.05) is 12.4 Å². The second-order valence-corrected chi connectivity index (χ2v) is 6.16. The van der Waals surface area contributed by atoms with Gasteiger partial charge >= 0.3 is 0 Å². The van der Waals surface area contributed by atoms with Crippen LogP contribution in [0.3, 0.4) is 0 Å². The lowest BCUT2D eigenvalue weighted by atomic mass is 10.1. The first-order valence-corrected chi connectivity index (χ1v) is 8.52. The number of anilines is 1. The van der Waals surface area contributed by atoms with E-state index < -0.39 is 0 Å². The summed E-state index contributed by atoms with van der Waals surface area (Å²) in [4.78, 5) is 14.1. The summed E-state index contributed by atoms with van der Waals surface area (Å²) in [5.41, 5.74) is 4.55. The van der Waals surface area contributed by atoms with E-state index in [0.717, 1.165) is 22.5 Å². The molecule has 0 radical (unpaired) electrons. The van der Waals surface area contributed by atoms with Gasteiger partial charge in [0, 0.05) is 11.3 Å². The topological polar surface area (TPSA) is 69.0 Å². The zero-order valence-corrected chi connectivity index (χ0v) is 15.0. The van der Waals surface area contributed by atoms with E-state index in [-0.39, 0.29) is 5.91 Å². The number of fused-ring (bicyclic) bond motifs is 1. The molecule has 1 N–H and O–H groups in total. The number of rotatable bonds is 4. The van der Waals surface area contributed by atoms with E-state index in [1.54, 1.807) is 11.9 Å². The van der Waals surface area contributed by atoms with Crippen LogP contribution in [0, 0.1) is 6.92 Å². The van der Waals surface area contributed by atoms with Gasteiger partial charge in [0.2, 0.25) is 0 Å². The molecule has 0 saturated heterocycles. The van der Waals surface area contributed by atoms with Crippen molar-refractivity contribution in [3.8, 4) is 11.4 Å². The smallest absolute Gasteiger partial charge is 0.255 e. The van der Waals surface area contributed by atoms with Crippen LogP contribution in [0.4, 0.5) is 5.69 Å². The Morgan fingerprint density at radius 1 is 0.963 bits per heavy atom. The van der Waals surface area contributed by atoms with Gasteiger partial charge in [-0.2, -0.15) is 4.80 Å². The van der Waals surface area contributed by atoms with Gasteiger partial charge in [-0.15, -0.1) is 10.2 Å². The number of carbonyl (C=O) groups excluding carboxylic acids is 1. The molecule has 0 atom stereocenters. The van der Waals surface area contributed by atoms with Gasteiger partial charge in [0.25, 0.3) is 5.91 Å². The molecule has 1 amide bonds. The zero-order valence-electron chi connectivity index (χ0n) is 15.0. The molecule has 134 valence electrons. The minimum Gasteiger partial charge on any atom is -0.497 e. The Labute approximate surface area is 156 Å². The summed E-state index contributed by atoms with van der Waals surface area (Å²) >= 11 is 0. The Balaban J connectivity index is 1.60. The Bertz CT molecular complexity index is 1120. The molecule has 0 spiro atoms. The van der Waals surface area contributed by atoms with Crippen LogP contribution >= 0.6 is 0 Å². The Hall–Kier alpha value is -3.67. The number of aryl methyl sites for hydroxylation is 1. The van der Waals surface area contributed by atoms with Gasteiger partial charge in [0.05, 0.1) is 12.8 Å². The average molecular weight is 358 g/mol. The van der Waals surface area contributed by atoms with Crippen LogP contribution in [0.1, 0.15) is 15.9 Å². The molecule has 4 rings (SSSR count). The Morgan fingerprint density at radius 2 is 1.70 bits per heavy atom. The third-order valence-corrected chi connectivity index (χ3v) is 4.33. The van der Waals surface area contributed by atoms with Crippen LogP contribution in [-0.4, -0.2) is 28.0 Å². The number of hydrogen-bond acceptors (Lipinski definition) is 4. The molecule has 0 fully saturated rings. The van der Waals surface area contributed by atoms with Crippen molar-refractivity contribution in [3.63, 3.8) is 0 Å². The van der Waals surface area contributed by atoms with Crippen LogP contribution in [0.5, 0.6) is 5.75 Å². The largest absolute Gasteiger partial charge is 0.497 e. The number of aromatic nitrogens is 3. The molecule has 0 aliphatic carbocycles. The van der Waals surface area contributed by atoms with Gasteiger partial charge in [-0.3, -0.25) is 4.79 Å². The minimum atomic E-state index is -0.144. The normalized spacial score (nSPS) is 10.7. The molecule has 6 nitrogen and oxygen atoms in total. The average Bonchev–Trinajstić information content (AvgIpc) is 3.11. The summed E-state index contributed by atoms with van der Waals surface area (Å²) < 4.78 is 5.17. The van der Waals surface area contributed by atoms with E-state index in [4.69, 9.17) is 4.74 Å². The van der Waals surface area contributed by atoms with Gasteiger partial charge in [0.1, 0.15) is 16.8 Å². The number of benzene rings is 3. The van der Waals surface area contributed by atoms with Crippen molar-refractivity contribution in [1.29, 1.82) is 0 Å². The predicted octanol–water partition coefficient (Wildman–Crippen LogP) is 3.99. The highest BCUT2D eigenvalue weighted by Crippen LogP contribution is 2.20. The third kappa shape index (κ3) is 3.37. The van der Waals surface area contributed by atoms with E-state index >= 15 is 0 Å². The summed E-state index contributed by atoms with van der Waals surface area (Å²) in [6, 6.07) is 20.5. The molecule has 6 heteroatoms. The quantitative estimate of drug-likeness (QED) is 0.599. The summed E-state index contributed by atoms with van der Waals surface area (Å²) in [6.45, 7) is 1.92. The van der Waals surface area contributed by atoms with E-state index in [0.29, 0.717) is 16.8 Å². The highest BCUT2D eigenvalue weighted by Gasteiger charge is 2.10. The van der Waals surface area contributed by atoms with Crippen LogP contribution in [0.25, 0.3) is 16.7 Å². The number of ether oxygens (including phenoxy) is 1. The van der Waals surface area contributed by atoms with Gasteiger partial charge in [0.15, 0.2) is 0 Å². The van der Waals surface area contributed by atoms with Crippen molar-refractivity contribution < 1.29 is 9.53 Å². The maximum Gasteiger partial charge on any atom is 0.255 e.